The summed E-state index contributed by atoms with van der Waals surface area (Å²) in [7, 11) is 0. The zero-order valence-corrected chi connectivity index (χ0v) is 10.0. The van der Waals surface area contributed by atoms with Gasteiger partial charge in [-0.05, 0) is 38.1 Å². The van der Waals surface area contributed by atoms with Gasteiger partial charge < -0.3 is 15.8 Å². The smallest absolute Gasteiger partial charge is 0.0494 e. The second kappa shape index (κ2) is 8.08. The lowest BCUT2D eigenvalue weighted by Gasteiger charge is -2.11. The Bertz CT molecular complexity index is 149. The average Bonchev–Trinajstić information content (AvgIpc) is 3.00. The molecule has 0 heterocycles. The molecular formula is C12H26N2O. The van der Waals surface area contributed by atoms with Gasteiger partial charge in [-0.1, -0.05) is 13.3 Å². The fraction of sp³-hybridized carbons (Fsp3) is 1.00. The molecular weight excluding hydrogens is 188 g/mol. The third-order valence-electron chi connectivity index (χ3n) is 2.76. The molecule has 0 spiro atoms. The second-order valence-corrected chi connectivity index (χ2v) is 4.62. The van der Waals surface area contributed by atoms with Crippen LogP contribution in [0, 0.1) is 5.92 Å². The van der Waals surface area contributed by atoms with E-state index in [-0.39, 0.29) is 0 Å². The fourth-order valence-electron chi connectivity index (χ4n) is 1.59. The molecule has 1 fully saturated rings. The number of nitrogens with two attached hydrogens (primary N) is 1. The Morgan fingerprint density at radius 1 is 1.47 bits per heavy atom. The van der Waals surface area contributed by atoms with Crippen molar-refractivity contribution in [3.8, 4) is 0 Å². The molecule has 0 bridgehead atoms. The highest BCUT2D eigenvalue weighted by Crippen LogP contribution is 2.28. The maximum Gasteiger partial charge on any atom is 0.0494 e. The zero-order valence-electron chi connectivity index (χ0n) is 10.0. The van der Waals surface area contributed by atoms with Gasteiger partial charge in [0.25, 0.3) is 0 Å². The fourth-order valence-corrected chi connectivity index (χ4v) is 1.59. The number of rotatable bonds is 10. The highest BCUT2D eigenvalue weighted by atomic mass is 16.5. The summed E-state index contributed by atoms with van der Waals surface area (Å²) in [5.41, 5.74) is 5.88. The van der Waals surface area contributed by atoms with Crippen LogP contribution in [-0.4, -0.2) is 32.3 Å². The van der Waals surface area contributed by atoms with Crippen molar-refractivity contribution in [2.45, 2.75) is 45.1 Å². The van der Waals surface area contributed by atoms with Gasteiger partial charge in [-0.2, -0.15) is 0 Å². The summed E-state index contributed by atoms with van der Waals surface area (Å²) in [4.78, 5) is 0. The first-order valence-corrected chi connectivity index (χ1v) is 6.37. The summed E-state index contributed by atoms with van der Waals surface area (Å²) in [5, 5.41) is 3.37. The van der Waals surface area contributed by atoms with E-state index in [1.54, 1.807) is 0 Å². The largest absolute Gasteiger partial charge is 0.381 e. The molecule has 0 aromatic rings. The van der Waals surface area contributed by atoms with E-state index < -0.39 is 0 Å². The quantitative estimate of drug-likeness (QED) is 0.542. The molecule has 1 aliphatic carbocycles. The van der Waals surface area contributed by atoms with E-state index in [0.717, 1.165) is 45.1 Å². The highest BCUT2D eigenvalue weighted by molar-refractivity contribution is 4.71. The molecule has 0 radical (unpaired) electrons. The molecule has 1 aliphatic rings. The van der Waals surface area contributed by atoms with Crippen LogP contribution in [0.3, 0.4) is 0 Å². The zero-order chi connectivity index (χ0) is 10.9. The first-order valence-electron chi connectivity index (χ1n) is 6.37. The average molecular weight is 214 g/mol. The van der Waals surface area contributed by atoms with Crippen molar-refractivity contribution in [3.05, 3.63) is 0 Å². The van der Waals surface area contributed by atoms with Gasteiger partial charge in [-0.15, -0.1) is 0 Å². The maximum absolute atomic E-state index is 5.88. The summed E-state index contributed by atoms with van der Waals surface area (Å²) in [6.45, 7) is 6.02. The summed E-state index contributed by atoms with van der Waals surface area (Å²) < 4.78 is 5.54. The van der Waals surface area contributed by atoms with E-state index in [2.05, 4.69) is 12.2 Å². The van der Waals surface area contributed by atoms with Gasteiger partial charge in [0.15, 0.2) is 0 Å². The normalized spacial score (nSPS) is 18.0. The highest BCUT2D eigenvalue weighted by Gasteiger charge is 2.20. The predicted octanol–water partition coefficient (Wildman–Crippen LogP) is 1.52. The lowest BCUT2D eigenvalue weighted by Crippen LogP contribution is -2.34. The minimum Gasteiger partial charge on any atom is -0.381 e. The number of nitrogens with one attached hydrogen (secondary N) is 1. The lowest BCUT2D eigenvalue weighted by molar-refractivity contribution is 0.122. The van der Waals surface area contributed by atoms with Gasteiger partial charge in [-0.3, -0.25) is 0 Å². The molecule has 0 aliphatic heterocycles. The van der Waals surface area contributed by atoms with Crippen LogP contribution in [0.4, 0.5) is 0 Å². The standard InChI is InChI=1S/C12H26N2O/c1-2-4-12(13)9-14-7-3-8-15-10-11-5-6-11/h11-12,14H,2-10,13H2,1H3. The molecule has 15 heavy (non-hydrogen) atoms. The molecule has 0 amide bonds. The molecule has 1 rings (SSSR count). The molecule has 3 nitrogen and oxygen atoms in total. The minimum atomic E-state index is 0.322. The Hall–Kier alpha value is -0.120. The van der Waals surface area contributed by atoms with E-state index in [9.17, 15) is 0 Å². The van der Waals surface area contributed by atoms with Crippen molar-refractivity contribution in [2.24, 2.45) is 11.7 Å². The van der Waals surface area contributed by atoms with Gasteiger partial charge >= 0.3 is 0 Å². The molecule has 3 heteroatoms. The number of hydrogen-bond donors (Lipinski definition) is 2. The first-order chi connectivity index (χ1) is 7.33. The Labute approximate surface area is 93.8 Å². The van der Waals surface area contributed by atoms with Crippen LogP contribution in [0.5, 0.6) is 0 Å². The first kappa shape index (κ1) is 12.9. The molecule has 0 aromatic heterocycles. The third-order valence-corrected chi connectivity index (χ3v) is 2.76. The summed E-state index contributed by atoms with van der Waals surface area (Å²) in [6, 6.07) is 0.322. The van der Waals surface area contributed by atoms with Gasteiger partial charge in [0.05, 0.1) is 0 Å². The van der Waals surface area contributed by atoms with E-state index >= 15 is 0 Å². The van der Waals surface area contributed by atoms with E-state index in [4.69, 9.17) is 10.5 Å². The van der Waals surface area contributed by atoms with Crippen LogP contribution in [0.2, 0.25) is 0 Å². The summed E-state index contributed by atoms with van der Waals surface area (Å²) >= 11 is 0. The van der Waals surface area contributed by atoms with Crippen molar-refractivity contribution in [1.29, 1.82) is 0 Å². The summed E-state index contributed by atoms with van der Waals surface area (Å²) in [5.74, 6) is 0.885. The molecule has 0 saturated heterocycles. The molecule has 1 saturated carbocycles. The Morgan fingerprint density at radius 3 is 2.93 bits per heavy atom. The van der Waals surface area contributed by atoms with E-state index in [1.807, 2.05) is 0 Å². The Kier molecular flexibility index (Phi) is 6.98. The molecule has 90 valence electrons. The van der Waals surface area contributed by atoms with Crippen LogP contribution < -0.4 is 11.1 Å². The topological polar surface area (TPSA) is 47.3 Å². The maximum atomic E-state index is 5.88. The van der Waals surface area contributed by atoms with Crippen molar-refractivity contribution < 1.29 is 4.74 Å². The van der Waals surface area contributed by atoms with Crippen LogP contribution in [-0.2, 0) is 4.74 Å². The second-order valence-electron chi connectivity index (χ2n) is 4.62. The molecule has 3 N–H and O–H groups in total. The Morgan fingerprint density at radius 2 is 2.27 bits per heavy atom. The third kappa shape index (κ3) is 7.77. The van der Waals surface area contributed by atoms with Crippen LogP contribution >= 0.6 is 0 Å². The molecule has 1 unspecified atom stereocenters. The van der Waals surface area contributed by atoms with Crippen molar-refractivity contribution >= 4 is 0 Å². The SMILES string of the molecule is CCCC(N)CNCCCOCC1CC1. The lowest BCUT2D eigenvalue weighted by atomic mass is 10.2. The summed E-state index contributed by atoms with van der Waals surface area (Å²) in [6.07, 6.45) is 6.15. The van der Waals surface area contributed by atoms with Crippen molar-refractivity contribution in [2.75, 3.05) is 26.3 Å². The molecule has 1 atom stereocenters. The Balaban J connectivity index is 1.72. The van der Waals surface area contributed by atoms with Crippen LogP contribution in [0.15, 0.2) is 0 Å². The minimum absolute atomic E-state index is 0.322. The van der Waals surface area contributed by atoms with E-state index in [1.165, 1.54) is 19.3 Å². The van der Waals surface area contributed by atoms with Crippen molar-refractivity contribution in [3.63, 3.8) is 0 Å². The van der Waals surface area contributed by atoms with Gasteiger partial charge in [0.2, 0.25) is 0 Å². The van der Waals surface area contributed by atoms with Gasteiger partial charge in [-0.25, -0.2) is 0 Å². The van der Waals surface area contributed by atoms with Gasteiger partial charge in [0, 0.05) is 25.8 Å². The van der Waals surface area contributed by atoms with Crippen molar-refractivity contribution in [1.82, 2.24) is 5.32 Å². The van der Waals surface area contributed by atoms with Gasteiger partial charge in [0.1, 0.15) is 0 Å². The van der Waals surface area contributed by atoms with E-state index in [0.29, 0.717) is 6.04 Å². The van der Waals surface area contributed by atoms with Crippen LogP contribution in [0.25, 0.3) is 0 Å². The van der Waals surface area contributed by atoms with Crippen LogP contribution in [0.1, 0.15) is 39.0 Å². The molecule has 0 aromatic carbocycles. The monoisotopic (exact) mass is 214 g/mol. The predicted molar refractivity (Wildman–Crippen MR) is 63.9 cm³/mol. The number of hydrogen-bond acceptors (Lipinski definition) is 3. The number of ether oxygens (including phenoxy) is 1.